The Labute approximate surface area is 107 Å². The lowest BCUT2D eigenvalue weighted by atomic mass is 10.3. The van der Waals surface area contributed by atoms with Crippen molar-refractivity contribution in [1.82, 2.24) is 15.2 Å². The highest BCUT2D eigenvalue weighted by molar-refractivity contribution is 7.98. The maximum Gasteiger partial charge on any atom is 0.275 e. The van der Waals surface area contributed by atoms with E-state index >= 15 is 0 Å². The number of hydrazine groups is 1. The molecule has 1 amide bonds. The van der Waals surface area contributed by atoms with Gasteiger partial charge in [-0.1, -0.05) is 0 Å². The van der Waals surface area contributed by atoms with Gasteiger partial charge in [0.1, 0.15) is 0 Å². The highest BCUT2D eigenvalue weighted by Crippen LogP contribution is 2.26. The number of carbonyl (C=O) groups excluding carboxylic acids is 1. The topological polar surface area (TPSA) is 72.9 Å². The number of aromatic nitrogens is 2. The Kier molecular flexibility index (Phi) is 3.82. The van der Waals surface area contributed by atoms with E-state index in [0.29, 0.717) is 4.88 Å². The molecule has 2 rings (SSSR count). The van der Waals surface area contributed by atoms with Gasteiger partial charge in [0.25, 0.3) is 5.91 Å². The fourth-order valence-corrected chi connectivity index (χ4v) is 3.18. The number of amides is 1. The molecule has 0 saturated carbocycles. The number of hydrogen-bond acceptors (Lipinski definition) is 5. The molecule has 0 spiro atoms. The lowest BCUT2D eigenvalue weighted by Gasteiger charge is -2.01. The zero-order chi connectivity index (χ0) is 12.3. The summed E-state index contributed by atoms with van der Waals surface area (Å²) in [7, 11) is 1.88. The SMILES string of the molecule is Cn1cc(SCc2ccsc2C(=O)NN)cn1. The highest BCUT2D eigenvalue weighted by atomic mass is 32.2. The molecule has 5 nitrogen and oxygen atoms in total. The quantitative estimate of drug-likeness (QED) is 0.380. The van der Waals surface area contributed by atoms with E-state index in [4.69, 9.17) is 5.84 Å². The fraction of sp³-hybridized carbons (Fsp3) is 0.200. The van der Waals surface area contributed by atoms with Crippen molar-refractivity contribution in [2.45, 2.75) is 10.6 Å². The number of thioether (sulfide) groups is 1. The normalized spacial score (nSPS) is 10.5. The van der Waals surface area contributed by atoms with Crippen LogP contribution in [0.2, 0.25) is 0 Å². The molecule has 0 aromatic carbocycles. The molecule has 0 atom stereocenters. The highest BCUT2D eigenvalue weighted by Gasteiger charge is 2.12. The lowest BCUT2D eigenvalue weighted by molar-refractivity contribution is 0.0957. The summed E-state index contributed by atoms with van der Waals surface area (Å²) in [5.41, 5.74) is 3.15. The van der Waals surface area contributed by atoms with Gasteiger partial charge in [0.2, 0.25) is 0 Å². The second kappa shape index (κ2) is 5.35. The summed E-state index contributed by atoms with van der Waals surface area (Å²) in [6, 6.07) is 1.94. The van der Waals surface area contributed by atoms with Crippen LogP contribution in [0.4, 0.5) is 0 Å². The number of nitrogens with zero attached hydrogens (tertiary/aromatic N) is 2. The molecule has 0 aliphatic heterocycles. The molecule has 0 aliphatic rings. The molecule has 0 bridgehead atoms. The molecule has 0 saturated heterocycles. The predicted octanol–water partition coefficient (Wildman–Crippen LogP) is 1.38. The lowest BCUT2D eigenvalue weighted by Crippen LogP contribution is -2.29. The van der Waals surface area contributed by atoms with E-state index in [1.165, 1.54) is 11.3 Å². The molecule has 2 aromatic heterocycles. The second-order valence-corrected chi connectivity index (χ2v) is 5.35. The Morgan fingerprint density at radius 3 is 3.18 bits per heavy atom. The van der Waals surface area contributed by atoms with Crippen LogP contribution < -0.4 is 11.3 Å². The van der Waals surface area contributed by atoms with E-state index < -0.39 is 0 Å². The van der Waals surface area contributed by atoms with Crippen molar-refractivity contribution in [2.75, 3.05) is 0 Å². The van der Waals surface area contributed by atoms with Gasteiger partial charge in [-0.05, 0) is 17.0 Å². The van der Waals surface area contributed by atoms with E-state index in [9.17, 15) is 4.79 Å². The van der Waals surface area contributed by atoms with Crippen LogP contribution in [-0.4, -0.2) is 15.7 Å². The van der Waals surface area contributed by atoms with Gasteiger partial charge in [-0.25, -0.2) is 5.84 Å². The van der Waals surface area contributed by atoms with Crippen molar-refractivity contribution < 1.29 is 4.79 Å². The number of nitrogens with one attached hydrogen (secondary N) is 1. The molecule has 2 heterocycles. The summed E-state index contributed by atoms with van der Waals surface area (Å²) in [6.07, 6.45) is 3.75. The van der Waals surface area contributed by atoms with Crippen LogP contribution in [0.15, 0.2) is 28.7 Å². The van der Waals surface area contributed by atoms with Crippen LogP contribution in [0.3, 0.4) is 0 Å². The monoisotopic (exact) mass is 268 g/mol. The van der Waals surface area contributed by atoms with Crippen LogP contribution >= 0.6 is 23.1 Å². The average molecular weight is 268 g/mol. The van der Waals surface area contributed by atoms with Gasteiger partial charge in [0, 0.05) is 23.9 Å². The zero-order valence-corrected chi connectivity index (χ0v) is 10.8. The van der Waals surface area contributed by atoms with E-state index in [0.717, 1.165) is 16.2 Å². The first-order valence-electron chi connectivity index (χ1n) is 4.89. The van der Waals surface area contributed by atoms with Gasteiger partial charge in [-0.2, -0.15) is 5.10 Å². The minimum Gasteiger partial charge on any atom is -0.289 e. The maximum atomic E-state index is 11.5. The first kappa shape index (κ1) is 12.2. The van der Waals surface area contributed by atoms with E-state index in [1.807, 2.05) is 24.7 Å². The standard InChI is InChI=1S/C10H12N4OS2/c1-14-5-8(4-12-14)17-6-7-2-3-16-9(7)10(15)13-11/h2-5H,6,11H2,1H3,(H,13,15). The van der Waals surface area contributed by atoms with Crippen molar-refractivity contribution in [2.24, 2.45) is 12.9 Å². The summed E-state index contributed by atoms with van der Waals surface area (Å²) < 4.78 is 1.75. The molecule has 0 aliphatic carbocycles. The zero-order valence-electron chi connectivity index (χ0n) is 9.21. The van der Waals surface area contributed by atoms with Gasteiger partial charge in [0.05, 0.1) is 11.1 Å². The number of hydrogen-bond donors (Lipinski definition) is 2. The molecule has 17 heavy (non-hydrogen) atoms. The Morgan fingerprint density at radius 1 is 1.71 bits per heavy atom. The molecule has 90 valence electrons. The van der Waals surface area contributed by atoms with Crippen LogP contribution in [0.1, 0.15) is 15.2 Å². The van der Waals surface area contributed by atoms with Gasteiger partial charge in [-0.15, -0.1) is 23.1 Å². The third-order valence-electron chi connectivity index (χ3n) is 2.16. The van der Waals surface area contributed by atoms with Crippen molar-refractivity contribution >= 4 is 29.0 Å². The van der Waals surface area contributed by atoms with Crippen molar-refractivity contribution in [1.29, 1.82) is 0 Å². The third-order valence-corrected chi connectivity index (χ3v) is 4.11. The first-order valence-corrected chi connectivity index (χ1v) is 6.76. The van der Waals surface area contributed by atoms with Crippen LogP contribution in [0.5, 0.6) is 0 Å². The Bertz CT molecular complexity index is 520. The third kappa shape index (κ3) is 2.87. The molecular weight excluding hydrogens is 256 g/mol. The van der Waals surface area contributed by atoms with Crippen molar-refractivity contribution in [3.8, 4) is 0 Å². The smallest absolute Gasteiger partial charge is 0.275 e. The van der Waals surface area contributed by atoms with Gasteiger partial charge in [-0.3, -0.25) is 14.9 Å². The summed E-state index contributed by atoms with van der Waals surface area (Å²) >= 11 is 3.04. The van der Waals surface area contributed by atoms with Crippen LogP contribution in [0, 0.1) is 0 Å². The van der Waals surface area contributed by atoms with Gasteiger partial charge in [0.15, 0.2) is 0 Å². The minimum atomic E-state index is -0.234. The summed E-state index contributed by atoms with van der Waals surface area (Å²) in [5, 5.41) is 5.98. The summed E-state index contributed by atoms with van der Waals surface area (Å²) in [6.45, 7) is 0. The predicted molar refractivity (Wildman–Crippen MR) is 68.7 cm³/mol. The molecule has 7 heteroatoms. The largest absolute Gasteiger partial charge is 0.289 e. The molecule has 0 unspecified atom stereocenters. The maximum absolute atomic E-state index is 11.5. The molecule has 3 N–H and O–H groups in total. The fourth-order valence-electron chi connectivity index (χ4n) is 1.35. The Hall–Kier alpha value is -1.31. The van der Waals surface area contributed by atoms with Crippen LogP contribution in [0.25, 0.3) is 0 Å². The Balaban J connectivity index is 2.04. The van der Waals surface area contributed by atoms with Gasteiger partial charge >= 0.3 is 0 Å². The number of aryl methyl sites for hydroxylation is 1. The van der Waals surface area contributed by atoms with E-state index in [1.54, 1.807) is 22.6 Å². The number of carbonyl (C=O) groups is 1. The van der Waals surface area contributed by atoms with Gasteiger partial charge < -0.3 is 0 Å². The second-order valence-electron chi connectivity index (χ2n) is 3.39. The number of nitrogens with two attached hydrogens (primary N) is 1. The average Bonchev–Trinajstić information content (AvgIpc) is 2.94. The van der Waals surface area contributed by atoms with Crippen molar-refractivity contribution in [3.05, 3.63) is 34.3 Å². The molecule has 2 aromatic rings. The molecular formula is C10H12N4OS2. The summed E-state index contributed by atoms with van der Waals surface area (Å²) in [5.74, 6) is 5.63. The summed E-state index contributed by atoms with van der Waals surface area (Å²) in [4.78, 5) is 13.2. The first-order chi connectivity index (χ1) is 8.20. The number of rotatable bonds is 4. The number of nitrogen functional groups attached to an aromatic ring is 1. The minimum absolute atomic E-state index is 0.234. The van der Waals surface area contributed by atoms with E-state index in [-0.39, 0.29) is 5.91 Å². The van der Waals surface area contributed by atoms with Crippen LogP contribution in [-0.2, 0) is 12.8 Å². The molecule has 0 radical (unpaired) electrons. The number of thiophene rings is 1. The Morgan fingerprint density at radius 2 is 2.53 bits per heavy atom. The molecule has 0 fully saturated rings. The van der Waals surface area contributed by atoms with Crippen molar-refractivity contribution in [3.63, 3.8) is 0 Å². The van der Waals surface area contributed by atoms with E-state index in [2.05, 4.69) is 10.5 Å².